The number of nitrogens with two attached hydrogens (primary N) is 1. The van der Waals surface area contributed by atoms with Crippen molar-refractivity contribution in [2.45, 2.75) is 9.79 Å². The van der Waals surface area contributed by atoms with Crippen LogP contribution in [-0.4, -0.2) is 5.84 Å². The first-order chi connectivity index (χ1) is 8.16. The molecule has 0 fully saturated rings. The summed E-state index contributed by atoms with van der Waals surface area (Å²) in [6.45, 7) is 0. The van der Waals surface area contributed by atoms with Crippen molar-refractivity contribution >= 4 is 33.5 Å². The Morgan fingerprint density at radius 2 is 1.71 bits per heavy atom. The predicted octanol–water partition coefficient (Wildman–Crippen LogP) is 3.88. The molecule has 0 aromatic heterocycles. The topological polar surface area (TPSA) is 49.9 Å². The van der Waals surface area contributed by atoms with Crippen molar-refractivity contribution in [2.24, 2.45) is 5.73 Å². The molecule has 2 nitrogen and oxygen atoms in total. The van der Waals surface area contributed by atoms with Gasteiger partial charge in [0.2, 0.25) is 0 Å². The number of amidine groups is 1. The maximum atomic E-state index is 7.32. The summed E-state index contributed by atoms with van der Waals surface area (Å²) in [5, 5.41) is 7.32. The average Bonchev–Trinajstić information content (AvgIpc) is 2.33. The molecule has 0 amide bonds. The van der Waals surface area contributed by atoms with Gasteiger partial charge in [-0.2, -0.15) is 0 Å². The van der Waals surface area contributed by atoms with Crippen molar-refractivity contribution < 1.29 is 0 Å². The fourth-order valence-electron chi connectivity index (χ4n) is 1.36. The highest BCUT2D eigenvalue weighted by Crippen LogP contribution is 2.33. The molecule has 0 bridgehead atoms. The Morgan fingerprint density at radius 1 is 1.06 bits per heavy atom. The number of nitrogens with one attached hydrogen (secondary N) is 1. The van der Waals surface area contributed by atoms with Gasteiger partial charge in [-0.25, -0.2) is 0 Å². The SMILES string of the molecule is N=C(N)c1ccc(Sc2ccccc2Br)cc1. The van der Waals surface area contributed by atoms with Crippen molar-refractivity contribution in [1.29, 1.82) is 5.41 Å². The summed E-state index contributed by atoms with van der Waals surface area (Å²) in [5.41, 5.74) is 6.16. The van der Waals surface area contributed by atoms with Gasteiger partial charge in [-0.15, -0.1) is 0 Å². The minimum atomic E-state index is 0.0995. The maximum Gasteiger partial charge on any atom is 0.122 e. The first-order valence-corrected chi connectivity index (χ1v) is 6.64. The normalized spacial score (nSPS) is 10.2. The van der Waals surface area contributed by atoms with Crippen LogP contribution in [0.3, 0.4) is 0 Å². The standard InChI is InChI=1S/C13H11BrN2S/c14-11-3-1-2-4-12(11)17-10-7-5-9(6-8-10)13(15)16/h1-8H,(H3,15,16). The van der Waals surface area contributed by atoms with Crippen molar-refractivity contribution in [3.63, 3.8) is 0 Å². The molecule has 0 saturated heterocycles. The van der Waals surface area contributed by atoms with Crippen molar-refractivity contribution in [3.8, 4) is 0 Å². The molecule has 0 aliphatic rings. The van der Waals surface area contributed by atoms with Crippen molar-refractivity contribution in [1.82, 2.24) is 0 Å². The van der Waals surface area contributed by atoms with E-state index in [0.717, 1.165) is 14.9 Å². The van der Waals surface area contributed by atoms with Crippen LogP contribution in [0.1, 0.15) is 5.56 Å². The zero-order valence-corrected chi connectivity index (χ0v) is 11.4. The highest BCUT2D eigenvalue weighted by atomic mass is 79.9. The van der Waals surface area contributed by atoms with Gasteiger partial charge in [-0.1, -0.05) is 36.0 Å². The Hall–Kier alpha value is -1.26. The quantitative estimate of drug-likeness (QED) is 0.668. The second-order valence-electron chi connectivity index (χ2n) is 3.47. The lowest BCUT2D eigenvalue weighted by Gasteiger charge is -2.05. The van der Waals surface area contributed by atoms with Crippen LogP contribution in [-0.2, 0) is 0 Å². The minimum Gasteiger partial charge on any atom is -0.384 e. The lowest BCUT2D eigenvalue weighted by atomic mass is 10.2. The van der Waals surface area contributed by atoms with Crippen LogP contribution < -0.4 is 5.73 Å². The van der Waals surface area contributed by atoms with Gasteiger partial charge in [-0.3, -0.25) is 5.41 Å². The molecule has 0 radical (unpaired) electrons. The van der Waals surface area contributed by atoms with Crippen LogP contribution >= 0.6 is 27.7 Å². The fourth-order valence-corrected chi connectivity index (χ4v) is 2.72. The van der Waals surface area contributed by atoms with E-state index in [9.17, 15) is 0 Å². The molecule has 0 aliphatic heterocycles. The van der Waals surface area contributed by atoms with Crippen molar-refractivity contribution in [2.75, 3.05) is 0 Å². The van der Waals surface area contributed by atoms with Gasteiger partial charge in [0.1, 0.15) is 5.84 Å². The number of halogens is 1. The molecule has 2 aromatic carbocycles. The van der Waals surface area contributed by atoms with E-state index in [2.05, 4.69) is 22.0 Å². The molecule has 4 heteroatoms. The van der Waals surface area contributed by atoms with Crippen molar-refractivity contribution in [3.05, 3.63) is 58.6 Å². The smallest absolute Gasteiger partial charge is 0.122 e. The van der Waals surface area contributed by atoms with E-state index in [1.54, 1.807) is 11.8 Å². The molecule has 2 aromatic rings. The summed E-state index contributed by atoms with van der Waals surface area (Å²) in [5.74, 6) is 0.0995. The van der Waals surface area contributed by atoms with Gasteiger partial charge in [0, 0.05) is 19.8 Å². The highest BCUT2D eigenvalue weighted by molar-refractivity contribution is 9.10. The molecule has 86 valence electrons. The van der Waals surface area contributed by atoms with E-state index in [1.165, 1.54) is 4.90 Å². The molecule has 3 N–H and O–H groups in total. The number of rotatable bonds is 3. The van der Waals surface area contributed by atoms with Gasteiger partial charge in [-0.05, 0) is 40.2 Å². The minimum absolute atomic E-state index is 0.0995. The van der Waals surface area contributed by atoms with Gasteiger partial charge in [0.25, 0.3) is 0 Å². The van der Waals surface area contributed by atoms with Gasteiger partial charge < -0.3 is 5.73 Å². The van der Waals surface area contributed by atoms with Crippen LogP contribution in [0.25, 0.3) is 0 Å². The zero-order chi connectivity index (χ0) is 12.3. The molecule has 0 atom stereocenters. The fraction of sp³-hybridized carbons (Fsp3) is 0. The Labute approximate surface area is 113 Å². The second-order valence-corrected chi connectivity index (χ2v) is 5.44. The van der Waals surface area contributed by atoms with E-state index in [-0.39, 0.29) is 5.84 Å². The Kier molecular flexibility index (Phi) is 3.86. The largest absolute Gasteiger partial charge is 0.384 e. The number of benzene rings is 2. The van der Waals surface area contributed by atoms with E-state index in [0.29, 0.717) is 0 Å². The third kappa shape index (κ3) is 3.11. The summed E-state index contributed by atoms with van der Waals surface area (Å²) in [6, 6.07) is 15.8. The highest BCUT2D eigenvalue weighted by Gasteiger charge is 2.02. The maximum absolute atomic E-state index is 7.32. The monoisotopic (exact) mass is 306 g/mol. The van der Waals surface area contributed by atoms with E-state index < -0.39 is 0 Å². The van der Waals surface area contributed by atoms with Crippen LogP contribution in [0.5, 0.6) is 0 Å². The number of hydrogen-bond donors (Lipinski definition) is 2. The molecule has 0 aliphatic carbocycles. The number of nitrogen functional groups attached to an aromatic ring is 1. The lowest BCUT2D eigenvalue weighted by Crippen LogP contribution is -2.10. The van der Waals surface area contributed by atoms with E-state index in [4.69, 9.17) is 11.1 Å². The Balaban J connectivity index is 2.20. The molecule has 2 rings (SSSR count). The molecular weight excluding hydrogens is 296 g/mol. The number of hydrogen-bond acceptors (Lipinski definition) is 2. The summed E-state index contributed by atoms with van der Waals surface area (Å²) in [4.78, 5) is 2.30. The molecule has 0 spiro atoms. The third-order valence-electron chi connectivity index (χ3n) is 2.23. The van der Waals surface area contributed by atoms with E-state index in [1.807, 2.05) is 42.5 Å². The van der Waals surface area contributed by atoms with Gasteiger partial charge in [0.05, 0.1) is 0 Å². The summed E-state index contributed by atoms with van der Waals surface area (Å²) < 4.78 is 1.08. The second kappa shape index (κ2) is 5.38. The third-order valence-corrected chi connectivity index (χ3v) is 4.27. The van der Waals surface area contributed by atoms with Crippen LogP contribution in [0.15, 0.2) is 62.8 Å². The first kappa shape index (κ1) is 12.2. The molecular formula is C13H11BrN2S. The van der Waals surface area contributed by atoms with Crippen LogP contribution in [0.4, 0.5) is 0 Å². The zero-order valence-electron chi connectivity index (χ0n) is 8.98. The summed E-state index contributed by atoms with van der Waals surface area (Å²) in [6.07, 6.45) is 0. The Bertz CT molecular complexity index is 537. The lowest BCUT2D eigenvalue weighted by molar-refractivity contribution is 1.36. The predicted molar refractivity (Wildman–Crippen MR) is 75.7 cm³/mol. The van der Waals surface area contributed by atoms with E-state index >= 15 is 0 Å². The molecule has 17 heavy (non-hydrogen) atoms. The summed E-state index contributed by atoms with van der Waals surface area (Å²) in [7, 11) is 0. The van der Waals surface area contributed by atoms with Crippen LogP contribution in [0.2, 0.25) is 0 Å². The average molecular weight is 307 g/mol. The molecule has 0 unspecified atom stereocenters. The van der Waals surface area contributed by atoms with Gasteiger partial charge in [0.15, 0.2) is 0 Å². The Morgan fingerprint density at radius 3 is 2.29 bits per heavy atom. The van der Waals surface area contributed by atoms with Crippen LogP contribution in [0, 0.1) is 5.41 Å². The summed E-state index contributed by atoms with van der Waals surface area (Å²) >= 11 is 5.19. The molecule has 0 heterocycles. The first-order valence-electron chi connectivity index (χ1n) is 5.03. The van der Waals surface area contributed by atoms with Gasteiger partial charge >= 0.3 is 0 Å². The molecule has 0 saturated carbocycles.